The van der Waals surface area contributed by atoms with Crippen molar-refractivity contribution in [3.05, 3.63) is 70.7 Å². The fourth-order valence-corrected chi connectivity index (χ4v) is 6.86. The predicted molar refractivity (Wildman–Crippen MR) is 146 cm³/mol. The molecule has 2 aliphatic heterocycles. The number of likely N-dealkylation sites (tertiary alicyclic amines) is 2. The van der Waals surface area contributed by atoms with Crippen molar-refractivity contribution in [2.45, 2.75) is 56.5 Å². The van der Waals surface area contributed by atoms with Crippen molar-refractivity contribution in [2.24, 2.45) is 5.92 Å². The van der Waals surface area contributed by atoms with Crippen LogP contribution in [0, 0.1) is 5.92 Å². The molecule has 1 aliphatic carbocycles. The summed E-state index contributed by atoms with van der Waals surface area (Å²) >= 11 is 6.38. The molecule has 3 fully saturated rings. The van der Waals surface area contributed by atoms with Gasteiger partial charge in [0.25, 0.3) is 5.91 Å². The highest BCUT2D eigenvalue weighted by Crippen LogP contribution is 2.35. The number of carbonyl (C=O) groups is 2. The number of methoxy groups -OCH3 is 1. The SMILES string of the molecule is COC(=O)N(CC1CCCC1)C1CCN([C@@H]2CN(C(=O)c3ccccc3Cl)C[C@H]2c2ccccc2)CC1. The first-order valence-corrected chi connectivity index (χ1v) is 14.1. The predicted octanol–water partition coefficient (Wildman–Crippen LogP) is 5.67. The zero-order chi connectivity index (χ0) is 25.8. The number of nitrogens with zero attached hydrogens (tertiary/aromatic N) is 3. The molecule has 0 aromatic heterocycles. The molecule has 2 aromatic rings. The fourth-order valence-electron chi connectivity index (χ4n) is 6.65. The van der Waals surface area contributed by atoms with Crippen LogP contribution < -0.4 is 0 Å². The lowest BCUT2D eigenvalue weighted by Crippen LogP contribution is -2.52. The smallest absolute Gasteiger partial charge is 0.409 e. The van der Waals surface area contributed by atoms with E-state index in [1.807, 2.05) is 34.1 Å². The Kier molecular flexibility index (Phi) is 8.36. The minimum atomic E-state index is -0.190. The van der Waals surface area contributed by atoms with Crippen molar-refractivity contribution in [2.75, 3.05) is 39.8 Å². The molecule has 198 valence electrons. The first-order chi connectivity index (χ1) is 18.0. The van der Waals surface area contributed by atoms with Gasteiger partial charge in [0.15, 0.2) is 0 Å². The minimum absolute atomic E-state index is 0.00246. The number of amides is 2. The third-order valence-corrected chi connectivity index (χ3v) is 8.99. The largest absolute Gasteiger partial charge is 0.453 e. The molecule has 2 atom stereocenters. The molecule has 0 radical (unpaired) electrons. The Morgan fingerprint density at radius 2 is 1.62 bits per heavy atom. The van der Waals surface area contributed by atoms with Crippen LogP contribution in [0.1, 0.15) is 60.4 Å². The van der Waals surface area contributed by atoms with E-state index < -0.39 is 0 Å². The first-order valence-electron chi connectivity index (χ1n) is 13.7. The Bertz CT molecular complexity index is 1070. The summed E-state index contributed by atoms with van der Waals surface area (Å²) in [5.41, 5.74) is 1.83. The van der Waals surface area contributed by atoms with E-state index >= 15 is 0 Å². The third-order valence-electron chi connectivity index (χ3n) is 8.66. The van der Waals surface area contributed by atoms with E-state index in [4.69, 9.17) is 16.3 Å². The van der Waals surface area contributed by atoms with Crippen molar-refractivity contribution >= 4 is 23.6 Å². The summed E-state index contributed by atoms with van der Waals surface area (Å²) in [5, 5.41) is 0.498. The number of ether oxygens (including phenoxy) is 1. The van der Waals surface area contributed by atoms with Crippen molar-refractivity contribution in [3.63, 3.8) is 0 Å². The van der Waals surface area contributed by atoms with E-state index in [1.165, 1.54) is 38.4 Å². The Morgan fingerprint density at radius 1 is 0.946 bits per heavy atom. The highest BCUT2D eigenvalue weighted by Gasteiger charge is 2.42. The van der Waals surface area contributed by atoms with Gasteiger partial charge in [0.1, 0.15) is 0 Å². The molecule has 2 saturated heterocycles. The second-order valence-electron chi connectivity index (χ2n) is 10.8. The summed E-state index contributed by atoms with van der Waals surface area (Å²) in [6.45, 7) is 3.98. The van der Waals surface area contributed by atoms with E-state index in [0.29, 0.717) is 29.6 Å². The maximum absolute atomic E-state index is 13.5. The van der Waals surface area contributed by atoms with Crippen LogP contribution in [0.25, 0.3) is 0 Å². The van der Waals surface area contributed by atoms with Crippen LogP contribution >= 0.6 is 11.6 Å². The van der Waals surface area contributed by atoms with Crippen LogP contribution in [0.5, 0.6) is 0 Å². The van der Waals surface area contributed by atoms with Gasteiger partial charge in [-0.1, -0.05) is 66.9 Å². The van der Waals surface area contributed by atoms with Crippen LogP contribution in [0.15, 0.2) is 54.6 Å². The summed E-state index contributed by atoms with van der Waals surface area (Å²) in [7, 11) is 1.49. The van der Waals surface area contributed by atoms with Gasteiger partial charge in [0.2, 0.25) is 0 Å². The summed E-state index contributed by atoms with van der Waals surface area (Å²) in [6.07, 6.45) is 6.63. The van der Waals surface area contributed by atoms with Crippen molar-refractivity contribution in [1.82, 2.24) is 14.7 Å². The molecule has 7 heteroatoms. The lowest BCUT2D eigenvalue weighted by atomic mass is 9.91. The lowest BCUT2D eigenvalue weighted by molar-refractivity contribution is 0.0568. The number of piperidine rings is 1. The lowest BCUT2D eigenvalue weighted by Gasteiger charge is -2.42. The van der Waals surface area contributed by atoms with Gasteiger partial charge in [0, 0.05) is 50.7 Å². The summed E-state index contributed by atoms with van der Waals surface area (Å²) < 4.78 is 5.19. The molecule has 0 N–H and O–H groups in total. The normalized spacial score (nSPS) is 23.4. The molecule has 2 heterocycles. The van der Waals surface area contributed by atoms with Crippen LogP contribution in [-0.4, -0.2) is 78.6 Å². The molecule has 1 saturated carbocycles. The van der Waals surface area contributed by atoms with Crippen molar-refractivity contribution < 1.29 is 14.3 Å². The molecule has 37 heavy (non-hydrogen) atoms. The number of halogens is 1. The molecule has 5 rings (SSSR count). The molecule has 0 spiro atoms. The van der Waals surface area contributed by atoms with Gasteiger partial charge in [-0.05, 0) is 49.3 Å². The molecular formula is C30H38ClN3O3. The second-order valence-corrected chi connectivity index (χ2v) is 11.2. The number of hydrogen-bond donors (Lipinski definition) is 0. The fraction of sp³-hybridized carbons (Fsp3) is 0.533. The zero-order valence-corrected chi connectivity index (χ0v) is 22.5. The zero-order valence-electron chi connectivity index (χ0n) is 21.7. The van der Waals surface area contributed by atoms with Crippen LogP contribution in [0.4, 0.5) is 4.79 Å². The van der Waals surface area contributed by atoms with Gasteiger partial charge in [-0.15, -0.1) is 0 Å². The standard InChI is InChI=1S/C30H38ClN3O3/c1-37-30(36)34(19-22-9-5-6-10-22)24-15-17-32(18-16-24)28-21-33(20-26(28)23-11-3-2-4-12-23)29(35)25-13-7-8-14-27(25)31/h2-4,7-8,11-14,22,24,26,28H,5-6,9-10,15-21H2,1H3/t26-,28+/m0/s1. The van der Waals surface area contributed by atoms with E-state index in [1.54, 1.807) is 6.07 Å². The van der Waals surface area contributed by atoms with Gasteiger partial charge >= 0.3 is 6.09 Å². The van der Waals surface area contributed by atoms with Crippen LogP contribution in [0.2, 0.25) is 5.02 Å². The van der Waals surface area contributed by atoms with E-state index in [-0.39, 0.29) is 30.0 Å². The number of hydrogen-bond acceptors (Lipinski definition) is 4. The monoisotopic (exact) mass is 523 g/mol. The second kappa shape index (κ2) is 11.9. The molecular weight excluding hydrogens is 486 g/mol. The third kappa shape index (κ3) is 5.80. The quantitative estimate of drug-likeness (QED) is 0.489. The average Bonchev–Trinajstić information content (AvgIpc) is 3.62. The van der Waals surface area contributed by atoms with Gasteiger partial charge in [-0.25, -0.2) is 4.79 Å². The molecule has 0 unspecified atom stereocenters. The number of carbonyl (C=O) groups excluding carboxylic acids is 2. The highest BCUT2D eigenvalue weighted by atomic mass is 35.5. The number of benzene rings is 2. The first kappa shape index (κ1) is 26.1. The van der Waals surface area contributed by atoms with Crippen molar-refractivity contribution in [3.8, 4) is 0 Å². The average molecular weight is 524 g/mol. The van der Waals surface area contributed by atoms with E-state index in [2.05, 4.69) is 29.2 Å². The van der Waals surface area contributed by atoms with Gasteiger partial charge < -0.3 is 14.5 Å². The Morgan fingerprint density at radius 3 is 2.30 bits per heavy atom. The summed E-state index contributed by atoms with van der Waals surface area (Å²) in [5.74, 6) is 0.829. The number of rotatable bonds is 6. The molecule has 3 aliphatic rings. The van der Waals surface area contributed by atoms with Crippen LogP contribution in [-0.2, 0) is 4.74 Å². The minimum Gasteiger partial charge on any atom is -0.453 e. The van der Waals surface area contributed by atoms with E-state index in [9.17, 15) is 9.59 Å². The summed E-state index contributed by atoms with van der Waals surface area (Å²) in [4.78, 5) is 32.7. The van der Waals surface area contributed by atoms with Crippen molar-refractivity contribution in [1.29, 1.82) is 0 Å². The van der Waals surface area contributed by atoms with Gasteiger partial charge in [-0.2, -0.15) is 0 Å². The maximum Gasteiger partial charge on any atom is 0.409 e. The van der Waals surface area contributed by atoms with Crippen LogP contribution in [0.3, 0.4) is 0 Å². The molecule has 2 aromatic carbocycles. The maximum atomic E-state index is 13.5. The van der Waals surface area contributed by atoms with Gasteiger partial charge in [-0.3, -0.25) is 9.69 Å². The van der Waals surface area contributed by atoms with Gasteiger partial charge in [0.05, 0.1) is 17.7 Å². The topological polar surface area (TPSA) is 53.1 Å². The highest BCUT2D eigenvalue weighted by molar-refractivity contribution is 6.33. The Balaban J connectivity index is 1.30. The molecule has 6 nitrogen and oxygen atoms in total. The Hall–Kier alpha value is -2.57. The molecule has 0 bridgehead atoms. The Labute approximate surface area is 225 Å². The van der Waals surface area contributed by atoms with E-state index in [0.717, 1.165) is 32.5 Å². The molecule has 2 amide bonds. The summed E-state index contributed by atoms with van der Waals surface area (Å²) in [6, 6.07) is 18.3.